The first-order valence-electron chi connectivity index (χ1n) is 6.54. The number of rotatable bonds is 4. The molecule has 1 saturated carbocycles. The maximum atomic E-state index is 10.9. The van der Waals surface area contributed by atoms with Gasteiger partial charge < -0.3 is 15.5 Å². The van der Waals surface area contributed by atoms with Gasteiger partial charge in [-0.1, -0.05) is 27.5 Å². The molecular formula is C14H17BrClNO3. The molecule has 3 N–H and O–H groups in total. The maximum absolute atomic E-state index is 10.9. The van der Waals surface area contributed by atoms with Crippen molar-refractivity contribution in [2.24, 2.45) is 5.92 Å². The Morgan fingerprint density at radius 2 is 2.10 bits per heavy atom. The van der Waals surface area contributed by atoms with Crippen LogP contribution >= 0.6 is 27.5 Å². The first kappa shape index (κ1) is 15.6. The van der Waals surface area contributed by atoms with Crippen LogP contribution in [0.5, 0.6) is 0 Å². The van der Waals surface area contributed by atoms with Crippen LogP contribution in [0.4, 0.5) is 5.69 Å². The Balaban J connectivity index is 1.92. The Bertz CT molecular complexity index is 501. The number of halogens is 2. The molecule has 0 radical (unpaired) electrons. The summed E-state index contributed by atoms with van der Waals surface area (Å²) in [6.45, 7) is 0.376. The summed E-state index contributed by atoms with van der Waals surface area (Å²) in [6, 6.07) is 5.51. The van der Waals surface area contributed by atoms with Crippen LogP contribution in [0, 0.1) is 5.92 Å². The van der Waals surface area contributed by atoms with Crippen molar-refractivity contribution in [1.29, 1.82) is 0 Å². The smallest absolute Gasteiger partial charge is 0.306 e. The van der Waals surface area contributed by atoms with Crippen LogP contribution in [-0.2, 0) is 4.79 Å². The zero-order chi connectivity index (χ0) is 14.8. The van der Waals surface area contributed by atoms with Gasteiger partial charge in [0.1, 0.15) is 0 Å². The van der Waals surface area contributed by atoms with E-state index in [4.69, 9.17) is 16.7 Å². The summed E-state index contributed by atoms with van der Waals surface area (Å²) in [4.78, 5) is 10.9. The van der Waals surface area contributed by atoms with Gasteiger partial charge >= 0.3 is 5.97 Å². The van der Waals surface area contributed by atoms with Crippen molar-refractivity contribution >= 4 is 39.2 Å². The molecule has 20 heavy (non-hydrogen) atoms. The number of hydrogen-bond acceptors (Lipinski definition) is 3. The van der Waals surface area contributed by atoms with Gasteiger partial charge in [-0.05, 0) is 43.9 Å². The summed E-state index contributed by atoms with van der Waals surface area (Å²) >= 11 is 9.44. The lowest BCUT2D eigenvalue weighted by atomic mass is 9.79. The predicted octanol–water partition coefficient (Wildman–Crippen LogP) is 3.52. The summed E-state index contributed by atoms with van der Waals surface area (Å²) in [6.07, 6.45) is 2.01. The van der Waals surface area contributed by atoms with Crippen molar-refractivity contribution in [2.75, 3.05) is 11.9 Å². The lowest BCUT2D eigenvalue weighted by Crippen LogP contribution is -2.41. The third-order valence-electron chi connectivity index (χ3n) is 3.80. The highest BCUT2D eigenvalue weighted by Crippen LogP contribution is 2.33. The summed E-state index contributed by atoms with van der Waals surface area (Å²) in [5.74, 6) is -1.09. The Morgan fingerprint density at radius 1 is 1.45 bits per heavy atom. The molecule has 0 unspecified atom stereocenters. The molecular weight excluding hydrogens is 346 g/mol. The van der Waals surface area contributed by atoms with E-state index < -0.39 is 11.6 Å². The molecule has 0 aromatic heterocycles. The van der Waals surface area contributed by atoms with Crippen LogP contribution in [-0.4, -0.2) is 28.3 Å². The lowest BCUT2D eigenvalue weighted by molar-refractivity contribution is -0.144. The van der Waals surface area contributed by atoms with Gasteiger partial charge in [0.15, 0.2) is 0 Å². The normalized spacial score (nSPS) is 26.2. The molecule has 1 aromatic carbocycles. The van der Waals surface area contributed by atoms with Gasteiger partial charge in [-0.25, -0.2) is 0 Å². The Morgan fingerprint density at radius 3 is 2.65 bits per heavy atom. The number of aliphatic hydroxyl groups is 1. The third kappa shape index (κ3) is 3.87. The number of benzene rings is 1. The quantitative estimate of drug-likeness (QED) is 0.766. The monoisotopic (exact) mass is 361 g/mol. The average molecular weight is 363 g/mol. The standard InChI is InChI=1S/C14H17BrClNO3/c15-10-1-2-12(11(16)7-10)17-8-14(20)5-3-9(4-6-14)13(18)19/h1-2,7,9,17,20H,3-6,8H2,(H,18,19). The molecule has 1 fully saturated rings. The van der Waals surface area contributed by atoms with Crippen LogP contribution in [0.2, 0.25) is 5.02 Å². The molecule has 1 aliphatic carbocycles. The molecule has 0 heterocycles. The van der Waals surface area contributed by atoms with Crippen molar-refractivity contribution in [3.8, 4) is 0 Å². The zero-order valence-corrected chi connectivity index (χ0v) is 13.2. The van der Waals surface area contributed by atoms with Gasteiger partial charge in [0, 0.05) is 11.0 Å². The Labute approximate surface area is 131 Å². The van der Waals surface area contributed by atoms with E-state index in [9.17, 15) is 9.90 Å². The van der Waals surface area contributed by atoms with E-state index in [1.165, 1.54) is 0 Å². The van der Waals surface area contributed by atoms with Crippen molar-refractivity contribution in [3.63, 3.8) is 0 Å². The van der Waals surface area contributed by atoms with E-state index in [0.717, 1.165) is 10.2 Å². The van der Waals surface area contributed by atoms with Crippen LogP contribution in [0.3, 0.4) is 0 Å². The molecule has 0 spiro atoms. The molecule has 1 aliphatic rings. The van der Waals surface area contributed by atoms with Crippen molar-refractivity contribution < 1.29 is 15.0 Å². The second kappa shape index (κ2) is 6.33. The molecule has 0 atom stereocenters. The predicted molar refractivity (Wildman–Crippen MR) is 82.2 cm³/mol. The fourth-order valence-electron chi connectivity index (χ4n) is 2.47. The van der Waals surface area contributed by atoms with Gasteiger partial charge in [-0.2, -0.15) is 0 Å². The molecule has 0 amide bonds. The SMILES string of the molecule is O=C(O)C1CCC(O)(CNc2ccc(Br)cc2Cl)CC1. The number of carboxylic acid groups (broad SMARTS) is 1. The summed E-state index contributed by atoms with van der Waals surface area (Å²) in [5, 5.41) is 23.2. The Kier molecular flexibility index (Phi) is 4.94. The number of anilines is 1. The zero-order valence-electron chi connectivity index (χ0n) is 10.9. The molecule has 1 aromatic rings. The molecule has 110 valence electrons. The second-order valence-electron chi connectivity index (χ2n) is 5.31. The highest BCUT2D eigenvalue weighted by atomic mass is 79.9. The molecule has 0 saturated heterocycles. The van der Waals surface area contributed by atoms with Gasteiger partial charge in [-0.3, -0.25) is 4.79 Å². The number of aliphatic carboxylic acids is 1. The van der Waals surface area contributed by atoms with Gasteiger partial charge in [-0.15, -0.1) is 0 Å². The molecule has 6 heteroatoms. The minimum absolute atomic E-state index is 0.327. The first-order chi connectivity index (χ1) is 9.39. The van der Waals surface area contributed by atoms with Crippen molar-refractivity contribution in [2.45, 2.75) is 31.3 Å². The lowest BCUT2D eigenvalue weighted by Gasteiger charge is -2.35. The van der Waals surface area contributed by atoms with Crippen LogP contribution in [0.25, 0.3) is 0 Å². The largest absolute Gasteiger partial charge is 0.481 e. The minimum atomic E-state index is -0.859. The molecule has 2 rings (SSSR count). The van der Waals surface area contributed by atoms with E-state index in [1.807, 2.05) is 12.1 Å². The van der Waals surface area contributed by atoms with E-state index >= 15 is 0 Å². The van der Waals surface area contributed by atoms with Crippen molar-refractivity contribution in [3.05, 3.63) is 27.7 Å². The van der Waals surface area contributed by atoms with E-state index in [0.29, 0.717) is 37.3 Å². The minimum Gasteiger partial charge on any atom is -0.481 e. The summed E-state index contributed by atoms with van der Waals surface area (Å²) in [5.41, 5.74) is -0.0915. The summed E-state index contributed by atoms with van der Waals surface area (Å²) < 4.78 is 0.897. The number of carbonyl (C=O) groups is 1. The number of nitrogens with one attached hydrogen (secondary N) is 1. The van der Waals surface area contributed by atoms with Crippen LogP contribution < -0.4 is 5.32 Å². The molecule has 0 aliphatic heterocycles. The van der Waals surface area contributed by atoms with Gasteiger partial charge in [0.25, 0.3) is 0 Å². The molecule has 0 bridgehead atoms. The van der Waals surface area contributed by atoms with Gasteiger partial charge in [0.05, 0.1) is 22.2 Å². The molecule has 4 nitrogen and oxygen atoms in total. The average Bonchev–Trinajstić information content (AvgIpc) is 2.38. The first-order valence-corrected chi connectivity index (χ1v) is 7.71. The maximum Gasteiger partial charge on any atom is 0.306 e. The topological polar surface area (TPSA) is 69.6 Å². The van der Waals surface area contributed by atoms with E-state index in [-0.39, 0.29) is 5.92 Å². The number of carboxylic acids is 1. The van der Waals surface area contributed by atoms with E-state index in [2.05, 4.69) is 21.2 Å². The summed E-state index contributed by atoms with van der Waals surface area (Å²) in [7, 11) is 0. The van der Waals surface area contributed by atoms with Gasteiger partial charge in [0.2, 0.25) is 0 Å². The highest BCUT2D eigenvalue weighted by molar-refractivity contribution is 9.10. The fraction of sp³-hybridized carbons (Fsp3) is 0.500. The number of hydrogen-bond donors (Lipinski definition) is 3. The third-order valence-corrected chi connectivity index (χ3v) is 4.61. The van der Waals surface area contributed by atoms with Crippen LogP contribution in [0.15, 0.2) is 22.7 Å². The Hall–Kier alpha value is -0.780. The van der Waals surface area contributed by atoms with Crippen molar-refractivity contribution in [1.82, 2.24) is 0 Å². The van der Waals surface area contributed by atoms with Crippen LogP contribution in [0.1, 0.15) is 25.7 Å². The van der Waals surface area contributed by atoms with E-state index in [1.54, 1.807) is 6.07 Å². The fourth-order valence-corrected chi connectivity index (χ4v) is 3.21. The second-order valence-corrected chi connectivity index (χ2v) is 6.64. The highest BCUT2D eigenvalue weighted by Gasteiger charge is 2.35.